The van der Waals surface area contributed by atoms with Gasteiger partial charge in [-0.1, -0.05) is 46.4 Å². The van der Waals surface area contributed by atoms with E-state index in [0.29, 0.717) is 22.6 Å². The number of nitrogens with zero attached hydrogens (tertiary/aromatic N) is 1. The standard InChI is InChI=1S/C15H30N2OS/c1-7-18-10-13(11(2)3)17-14-16-9-12(19-14)8-15(4,5)6/h11-13H,7-10H2,1-6H3,(H,16,17). The van der Waals surface area contributed by atoms with Crippen molar-refractivity contribution in [3.05, 3.63) is 0 Å². The van der Waals surface area contributed by atoms with E-state index in [1.807, 2.05) is 18.7 Å². The van der Waals surface area contributed by atoms with Crippen molar-refractivity contribution in [2.24, 2.45) is 16.3 Å². The van der Waals surface area contributed by atoms with Crippen LogP contribution in [0.25, 0.3) is 0 Å². The van der Waals surface area contributed by atoms with E-state index in [1.165, 1.54) is 6.42 Å². The number of amidine groups is 1. The Labute approximate surface area is 123 Å². The van der Waals surface area contributed by atoms with Gasteiger partial charge in [0.15, 0.2) is 5.17 Å². The fourth-order valence-corrected chi connectivity index (χ4v) is 3.51. The molecule has 19 heavy (non-hydrogen) atoms. The molecular weight excluding hydrogens is 256 g/mol. The zero-order chi connectivity index (χ0) is 14.5. The molecule has 1 aliphatic rings. The zero-order valence-electron chi connectivity index (χ0n) is 13.3. The minimum atomic E-state index is 0.361. The Bertz CT molecular complexity index is 297. The van der Waals surface area contributed by atoms with Crippen molar-refractivity contribution in [2.75, 3.05) is 19.8 Å². The van der Waals surface area contributed by atoms with Gasteiger partial charge in [-0.2, -0.15) is 0 Å². The van der Waals surface area contributed by atoms with E-state index >= 15 is 0 Å². The van der Waals surface area contributed by atoms with E-state index in [4.69, 9.17) is 4.74 Å². The summed E-state index contributed by atoms with van der Waals surface area (Å²) in [7, 11) is 0. The molecule has 1 rings (SSSR count). The number of hydrogen-bond donors (Lipinski definition) is 1. The molecule has 0 saturated heterocycles. The number of aliphatic imine (C=N–C) groups is 1. The Morgan fingerprint density at radius 1 is 1.42 bits per heavy atom. The van der Waals surface area contributed by atoms with Gasteiger partial charge in [0.1, 0.15) is 0 Å². The van der Waals surface area contributed by atoms with Gasteiger partial charge in [0.05, 0.1) is 19.2 Å². The Hall–Kier alpha value is -0.220. The number of thioether (sulfide) groups is 1. The van der Waals surface area contributed by atoms with Crippen LogP contribution in [0.2, 0.25) is 0 Å². The van der Waals surface area contributed by atoms with Gasteiger partial charge in [-0.05, 0) is 24.7 Å². The molecule has 2 unspecified atom stereocenters. The predicted molar refractivity (Wildman–Crippen MR) is 86.0 cm³/mol. The first kappa shape index (κ1) is 16.8. The first-order valence-electron chi connectivity index (χ1n) is 7.37. The van der Waals surface area contributed by atoms with Crippen molar-refractivity contribution in [2.45, 2.75) is 59.3 Å². The molecule has 112 valence electrons. The summed E-state index contributed by atoms with van der Waals surface area (Å²) < 4.78 is 5.55. The summed E-state index contributed by atoms with van der Waals surface area (Å²) in [5, 5.41) is 5.29. The van der Waals surface area contributed by atoms with Crippen LogP contribution < -0.4 is 5.32 Å². The van der Waals surface area contributed by atoms with Crippen LogP contribution in [0.3, 0.4) is 0 Å². The molecule has 1 heterocycles. The van der Waals surface area contributed by atoms with Gasteiger partial charge in [-0.25, -0.2) is 0 Å². The number of nitrogens with one attached hydrogen (secondary N) is 1. The average molecular weight is 286 g/mol. The SMILES string of the molecule is CCOCC(NC1=NCC(CC(C)(C)C)S1)C(C)C. The smallest absolute Gasteiger partial charge is 0.157 e. The largest absolute Gasteiger partial charge is 0.380 e. The summed E-state index contributed by atoms with van der Waals surface area (Å²) in [6, 6.07) is 0.361. The van der Waals surface area contributed by atoms with E-state index in [9.17, 15) is 0 Å². The Morgan fingerprint density at radius 3 is 2.63 bits per heavy atom. The van der Waals surface area contributed by atoms with Crippen molar-refractivity contribution in [1.29, 1.82) is 0 Å². The second-order valence-corrected chi connectivity index (χ2v) is 8.09. The van der Waals surface area contributed by atoms with E-state index < -0.39 is 0 Å². The van der Waals surface area contributed by atoms with Gasteiger partial charge in [-0.15, -0.1) is 0 Å². The number of rotatable bonds is 6. The lowest BCUT2D eigenvalue weighted by Gasteiger charge is -2.24. The van der Waals surface area contributed by atoms with Crippen molar-refractivity contribution in [3.8, 4) is 0 Å². The van der Waals surface area contributed by atoms with Gasteiger partial charge < -0.3 is 10.1 Å². The van der Waals surface area contributed by atoms with Gasteiger partial charge in [0.25, 0.3) is 0 Å². The van der Waals surface area contributed by atoms with Gasteiger partial charge in [0, 0.05) is 11.9 Å². The number of ether oxygens (including phenoxy) is 1. The Balaban J connectivity index is 2.40. The fraction of sp³-hybridized carbons (Fsp3) is 0.933. The van der Waals surface area contributed by atoms with E-state index in [1.54, 1.807) is 0 Å². The van der Waals surface area contributed by atoms with Crippen LogP contribution in [0, 0.1) is 11.3 Å². The highest BCUT2D eigenvalue weighted by Gasteiger charge is 2.26. The molecule has 0 saturated carbocycles. The predicted octanol–water partition coefficient (Wildman–Crippen LogP) is 3.54. The van der Waals surface area contributed by atoms with Crippen LogP contribution in [0.15, 0.2) is 4.99 Å². The summed E-state index contributed by atoms with van der Waals surface area (Å²) in [5.41, 5.74) is 0.380. The lowest BCUT2D eigenvalue weighted by atomic mass is 9.90. The molecule has 4 heteroatoms. The molecule has 0 aromatic carbocycles. The second-order valence-electron chi connectivity index (χ2n) is 6.80. The van der Waals surface area contributed by atoms with Crippen LogP contribution in [0.4, 0.5) is 0 Å². The van der Waals surface area contributed by atoms with Gasteiger partial charge >= 0.3 is 0 Å². The molecule has 0 aromatic heterocycles. The monoisotopic (exact) mass is 286 g/mol. The summed E-state index contributed by atoms with van der Waals surface area (Å²) in [5.74, 6) is 0.552. The zero-order valence-corrected chi connectivity index (χ0v) is 14.1. The molecule has 0 radical (unpaired) electrons. The van der Waals surface area contributed by atoms with Gasteiger partial charge in [0.2, 0.25) is 0 Å². The second kappa shape index (κ2) is 7.53. The molecule has 1 aliphatic heterocycles. The molecule has 0 aliphatic carbocycles. The van der Waals surface area contributed by atoms with E-state index in [0.717, 1.165) is 24.9 Å². The molecule has 0 spiro atoms. The van der Waals surface area contributed by atoms with Crippen LogP contribution in [-0.2, 0) is 4.74 Å². The minimum absolute atomic E-state index is 0.361. The molecule has 0 fully saturated rings. The maximum atomic E-state index is 5.55. The molecule has 0 bridgehead atoms. The van der Waals surface area contributed by atoms with Crippen LogP contribution in [-0.4, -0.2) is 36.2 Å². The molecule has 1 N–H and O–H groups in total. The van der Waals surface area contributed by atoms with Crippen LogP contribution in [0.1, 0.15) is 48.0 Å². The molecule has 0 amide bonds. The normalized spacial score (nSPS) is 21.6. The lowest BCUT2D eigenvalue weighted by Crippen LogP contribution is -2.40. The fourth-order valence-electron chi connectivity index (χ4n) is 2.09. The third-order valence-corrected chi connectivity index (χ3v) is 4.29. The summed E-state index contributed by atoms with van der Waals surface area (Å²) in [6.07, 6.45) is 1.21. The summed E-state index contributed by atoms with van der Waals surface area (Å²) >= 11 is 1.90. The molecule has 0 aromatic rings. The third-order valence-electron chi connectivity index (χ3n) is 3.17. The quantitative estimate of drug-likeness (QED) is 0.811. The molecule has 2 atom stereocenters. The Morgan fingerprint density at radius 2 is 2.11 bits per heavy atom. The molecule has 3 nitrogen and oxygen atoms in total. The minimum Gasteiger partial charge on any atom is -0.380 e. The average Bonchev–Trinajstić information content (AvgIpc) is 2.68. The van der Waals surface area contributed by atoms with Crippen molar-refractivity contribution >= 4 is 16.9 Å². The topological polar surface area (TPSA) is 33.6 Å². The number of hydrogen-bond acceptors (Lipinski definition) is 4. The first-order valence-corrected chi connectivity index (χ1v) is 8.25. The highest BCUT2D eigenvalue weighted by atomic mass is 32.2. The third kappa shape index (κ3) is 6.66. The van der Waals surface area contributed by atoms with Crippen LogP contribution >= 0.6 is 11.8 Å². The first-order chi connectivity index (χ1) is 8.81. The molecular formula is C15H30N2OS. The lowest BCUT2D eigenvalue weighted by molar-refractivity contribution is 0.115. The van der Waals surface area contributed by atoms with Crippen molar-refractivity contribution in [3.63, 3.8) is 0 Å². The van der Waals surface area contributed by atoms with Gasteiger partial charge in [-0.3, -0.25) is 4.99 Å². The summed E-state index contributed by atoms with van der Waals surface area (Å²) in [6.45, 7) is 15.9. The van der Waals surface area contributed by atoms with Crippen molar-refractivity contribution in [1.82, 2.24) is 5.32 Å². The highest BCUT2D eigenvalue weighted by molar-refractivity contribution is 8.14. The summed E-state index contributed by atoms with van der Waals surface area (Å²) in [4.78, 5) is 4.64. The van der Waals surface area contributed by atoms with Crippen molar-refractivity contribution < 1.29 is 4.74 Å². The van der Waals surface area contributed by atoms with E-state index in [2.05, 4.69) is 44.9 Å². The Kier molecular flexibility index (Phi) is 6.67. The maximum Gasteiger partial charge on any atom is 0.157 e. The maximum absolute atomic E-state index is 5.55. The van der Waals surface area contributed by atoms with E-state index in [-0.39, 0.29) is 0 Å². The highest BCUT2D eigenvalue weighted by Crippen LogP contribution is 2.31. The van der Waals surface area contributed by atoms with Crippen LogP contribution in [0.5, 0.6) is 0 Å².